The number of thiophene rings is 1. The molecule has 0 spiro atoms. The summed E-state index contributed by atoms with van der Waals surface area (Å²) in [5.41, 5.74) is 1.32. The van der Waals surface area contributed by atoms with Gasteiger partial charge in [0.05, 0.1) is 6.04 Å². The molecule has 1 aromatic carbocycles. The number of halogens is 1. The number of hydrogen-bond acceptors (Lipinski definition) is 2. The Bertz CT molecular complexity index is 478. The fourth-order valence-electron chi connectivity index (χ4n) is 1.91. The lowest BCUT2D eigenvalue weighted by Gasteiger charge is -2.17. The highest BCUT2D eigenvalue weighted by Crippen LogP contribution is 2.35. The fraction of sp³-hybridized carbons (Fsp3) is 0.286. The number of aryl methyl sites for hydroxylation is 1. The van der Waals surface area contributed by atoms with Gasteiger partial charge in [-0.2, -0.15) is 0 Å². The van der Waals surface area contributed by atoms with E-state index >= 15 is 0 Å². The van der Waals surface area contributed by atoms with Gasteiger partial charge in [0.15, 0.2) is 0 Å². The number of hydrogen-bond donors (Lipinski definition) is 1. The monoisotopic (exact) mass is 309 g/mol. The van der Waals surface area contributed by atoms with Crippen LogP contribution >= 0.6 is 27.3 Å². The van der Waals surface area contributed by atoms with E-state index in [1.54, 1.807) is 0 Å². The summed E-state index contributed by atoms with van der Waals surface area (Å²) < 4.78 is 1.20. The molecule has 1 nitrogen and oxygen atoms in total. The molecule has 0 radical (unpaired) electrons. The van der Waals surface area contributed by atoms with Crippen LogP contribution in [0.5, 0.6) is 0 Å². The largest absolute Gasteiger partial charge is 0.306 e. The predicted octanol–water partition coefficient (Wildman–Crippen LogP) is 4.52. The van der Waals surface area contributed by atoms with Crippen molar-refractivity contribution in [3.8, 4) is 0 Å². The van der Waals surface area contributed by atoms with Crippen LogP contribution in [-0.2, 0) is 0 Å². The van der Waals surface area contributed by atoms with Gasteiger partial charge in [0.1, 0.15) is 0 Å². The van der Waals surface area contributed by atoms with Gasteiger partial charge in [-0.3, -0.25) is 0 Å². The Morgan fingerprint density at radius 1 is 1.29 bits per heavy atom. The van der Waals surface area contributed by atoms with Crippen molar-refractivity contribution in [2.45, 2.75) is 19.9 Å². The lowest BCUT2D eigenvalue weighted by atomic mass is 10.1. The molecule has 0 aliphatic rings. The second-order valence-corrected chi connectivity index (χ2v) is 6.11. The van der Waals surface area contributed by atoms with E-state index in [0.717, 1.165) is 6.54 Å². The van der Waals surface area contributed by atoms with Crippen molar-refractivity contribution in [2.24, 2.45) is 0 Å². The zero-order chi connectivity index (χ0) is 12.3. The van der Waals surface area contributed by atoms with Crippen LogP contribution in [0.3, 0.4) is 0 Å². The minimum absolute atomic E-state index is 0.286. The molecule has 1 unspecified atom stereocenters. The summed E-state index contributed by atoms with van der Waals surface area (Å²) in [5.74, 6) is 0. The molecule has 0 fully saturated rings. The average Bonchev–Trinajstić information content (AvgIpc) is 2.66. The quantitative estimate of drug-likeness (QED) is 0.875. The van der Waals surface area contributed by atoms with E-state index in [1.807, 2.05) is 11.3 Å². The third-order valence-corrected chi connectivity index (χ3v) is 4.67. The van der Waals surface area contributed by atoms with E-state index in [9.17, 15) is 0 Å². The molecule has 0 amide bonds. The Balaban J connectivity index is 2.39. The van der Waals surface area contributed by atoms with Crippen LogP contribution in [0.2, 0.25) is 0 Å². The Morgan fingerprint density at radius 3 is 2.53 bits per heavy atom. The van der Waals surface area contributed by atoms with Gasteiger partial charge in [0, 0.05) is 14.2 Å². The molecule has 1 heterocycles. The Kier molecular flexibility index (Phi) is 4.37. The zero-order valence-electron chi connectivity index (χ0n) is 10.0. The minimum Gasteiger partial charge on any atom is -0.306 e. The molecule has 2 rings (SSSR count). The zero-order valence-corrected chi connectivity index (χ0v) is 12.4. The van der Waals surface area contributed by atoms with Crippen molar-refractivity contribution in [3.63, 3.8) is 0 Å². The maximum absolute atomic E-state index is 3.66. The topological polar surface area (TPSA) is 12.0 Å². The molecular weight excluding hydrogens is 294 g/mol. The van der Waals surface area contributed by atoms with Gasteiger partial charge < -0.3 is 5.32 Å². The third-order valence-electron chi connectivity index (χ3n) is 2.64. The Hall–Kier alpha value is -0.640. The number of nitrogens with one attached hydrogen (secondary N) is 1. The van der Waals surface area contributed by atoms with Crippen LogP contribution < -0.4 is 5.32 Å². The molecule has 0 saturated heterocycles. The van der Waals surface area contributed by atoms with Crippen molar-refractivity contribution >= 4 is 27.3 Å². The highest BCUT2D eigenvalue weighted by molar-refractivity contribution is 9.10. The SMILES string of the molecule is CCNC(c1ccccc1)c1sc(C)cc1Br. The third kappa shape index (κ3) is 2.97. The van der Waals surface area contributed by atoms with Crippen LogP contribution in [0.15, 0.2) is 40.9 Å². The molecule has 0 aliphatic carbocycles. The average molecular weight is 310 g/mol. The highest BCUT2D eigenvalue weighted by atomic mass is 79.9. The first-order valence-electron chi connectivity index (χ1n) is 5.76. The van der Waals surface area contributed by atoms with Gasteiger partial charge in [-0.05, 0) is 41.0 Å². The fourth-order valence-corrected chi connectivity index (χ4v) is 3.89. The number of rotatable bonds is 4. The number of benzene rings is 1. The molecule has 1 N–H and O–H groups in total. The van der Waals surface area contributed by atoms with Crippen LogP contribution in [0.1, 0.15) is 28.3 Å². The first-order valence-corrected chi connectivity index (χ1v) is 7.37. The summed E-state index contributed by atoms with van der Waals surface area (Å²) in [5, 5.41) is 3.55. The van der Waals surface area contributed by atoms with Crippen molar-refractivity contribution in [1.29, 1.82) is 0 Å². The molecular formula is C14H16BrNS. The van der Waals surface area contributed by atoms with Crippen LogP contribution in [-0.4, -0.2) is 6.54 Å². The van der Waals surface area contributed by atoms with Crippen molar-refractivity contribution < 1.29 is 0 Å². The summed E-state index contributed by atoms with van der Waals surface area (Å²) in [4.78, 5) is 2.70. The molecule has 17 heavy (non-hydrogen) atoms. The summed E-state index contributed by atoms with van der Waals surface area (Å²) >= 11 is 5.50. The second kappa shape index (κ2) is 5.80. The molecule has 2 aromatic rings. The first kappa shape index (κ1) is 12.8. The molecule has 1 aromatic heterocycles. The van der Waals surface area contributed by atoms with E-state index in [-0.39, 0.29) is 6.04 Å². The van der Waals surface area contributed by atoms with Gasteiger partial charge in [0.2, 0.25) is 0 Å². The van der Waals surface area contributed by atoms with Gasteiger partial charge >= 0.3 is 0 Å². The summed E-state index contributed by atoms with van der Waals surface area (Å²) in [6.07, 6.45) is 0. The maximum atomic E-state index is 3.66. The van der Waals surface area contributed by atoms with Gasteiger partial charge in [-0.25, -0.2) is 0 Å². The van der Waals surface area contributed by atoms with Crippen LogP contribution in [0.4, 0.5) is 0 Å². The van der Waals surface area contributed by atoms with E-state index in [1.165, 1.54) is 19.8 Å². The minimum atomic E-state index is 0.286. The maximum Gasteiger partial charge on any atom is 0.0682 e. The van der Waals surface area contributed by atoms with Crippen molar-refractivity contribution in [2.75, 3.05) is 6.54 Å². The molecule has 0 bridgehead atoms. The Morgan fingerprint density at radius 2 is 2.00 bits per heavy atom. The summed E-state index contributed by atoms with van der Waals surface area (Å²) in [6.45, 7) is 5.25. The predicted molar refractivity (Wildman–Crippen MR) is 78.7 cm³/mol. The molecule has 3 heteroatoms. The normalized spacial score (nSPS) is 12.6. The second-order valence-electron chi connectivity index (χ2n) is 3.97. The van der Waals surface area contributed by atoms with Gasteiger partial charge in [-0.1, -0.05) is 37.3 Å². The first-order chi connectivity index (χ1) is 8.22. The Labute approximate surface area is 115 Å². The van der Waals surface area contributed by atoms with Crippen LogP contribution in [0, 0.1) is 6.92 Å². The van der Waals surface area contributed by atoms with Crippen molar-refractivity contribution in [3.05, 3.63) is 56.2 Å². The molecule has 0 aliphatic heterocycles. The summed E-state index contributed by atoms with van der Waals surface area (Å²) in [7, 11) is 0. The smallest absolute Gasteiger partial charge is 0.0682 e. The van der Waals surface area contributed by atoms with Crippen molar-refractivity contribution in [1.82, 2.24) is 5.32 Å². The highest BCUT2D eigenvalue weighted by Gasteiger charge is 2.17. The van der Waals surface area contributed by atoms with Gasteiger partial charge in [-0.15, -0.1) is 11.3 Å². The molecule has 0 saturated carbocycles. The molecule has 1 atom stereocenters. The lowest BCUT2D eigenvalue weighted by Crippen LogP contribution is -2.21. The lowest BCUT2D eigenvalue weighted by molar-refractivity contribution is 0.638. The van der Waals surface area contributed by atoms with E-state index < -0.39 is 0 Å². The van der Waals surface area contributed by atoms with Gasteiger partial charge in [0.25, 0.3) is 0 Å². The van der Waals surface area contributed by atoms with Crippen LogP contribution in [0.25, 0.3) is 0 Å². The van der Waals surface area contributed by atoms with E-state index in [4.69, 9.17) is 0 Å². The van der Waals surface area contributed by atoms with E-state index in [2.05, 4.69) is 71.5 Å². The molecule has 90 valence electrons. The standard InChI is InChI=1S/C14H16BrNS/c1-3-16-13(11-7-5-4-6-8-11)14-12(15)9-10(2)17-14/h4-9,13,16H,3H2,1-2H3. The summed E-state index contributed by atoms with van der Waals surface area (Å²) in [6, 6.07) is 13.1. The van der Waals surface area contributed by atoms with E-state index in [0.29, 0.717) is 0 Å².